The van der Waals surface area contributed by atoms with Crippen LogP contribution in [0.1, 0.15) is 32.3 Å². The lowest BCUT2D eigenvalue weighted by molar-refractivity contribution is 0.140. The summed E-state index contributed by atoms with van der Waals surface area (Å²) in [7, 11) is 0. The summed E-state index contributed by atoms with van der Waals surface area (Å²) in [5.41, 5.74) is 4.45. The van der Waals surface area contributed by atoms with E-state index in [1.165, 1.54) is 18.4 Å². The Hall–Kier alpha value is -2.40. The van der Waals surface area contributed by atoms with Crippen molar-refractivity contribution in [1.82, 2.24) is 14.5 Å². The number of aromatic nitrogens is 3. The Kier molecular flexibility index (Phi) is 5.12. The molecule has 2 aromatic heterocycles. The molecule has 1 aliphatic heterocycles. The van der Waals surface area contributed by atoms with Gasteiger partial charge in [-0.25, -0.2) is 9.97 Å². The van der Waals surface area contributed by atoms with Gasteiger partial charge in [-0.2, -0.15) is 0 Å². The Balaban J connectivity index is 1.70. The van der Waals surface area contributed by atoms with Gasteiger partial charge in [0, 0.05) is 37.5 Å². The Labute approximate surface area is 161 Å². The first-order valence-electron chi connectivity index (χ1n) is 9.95. The number of imidazole rings is 1. The molecule has 5 heteroatoms. The average Bonchev–Trinajstić information content (AvgIpc) is 3.25. The smallest absolute Gasteiger partial charge is 0.142 e. The minimum atomic E-state index is 0.571. The van der Waals surface area contributed by atoms with E-state index >= 15 is 0 Å². The highest BCUT2D eigenvalue weighted by Gasteiger charge is 2.21. The van der Waals surface area contributed by atoms with Gasteiger partial charge < -0.3 is 14.2 Å². The van der Waals surface area contributed by atoms with Crippen LogP contribution in [0, 0.1) is 6.92 Å². The van der Waals surface area contributed by atoms with Gasteiger partial charge in [-0.3, -0.25) is 0 Å². The van der Waals surface area contributed by atoms with Gasteiger partial charge >= 0.3 is 0 Å². The molecule has 1 atom stereocenters. The molecule has 0 amide bonds. The molecule has 3 heterocycles. The summed E-state index contributed by atoms with van der Waals surface area (Å²) in [6.07, 6.45) is 4.46. The summed E-state index contributed by atoms with van der Waals surface area (Å²) in [5, 5.41) is 0. The number of rotatable bonds is 6. The molecule has 4 rings (SSSR count). The molecule has 27 heavy (non-hydrogen) atoms. The first-order valence-corrected chi connectivity index (χ1v) is 9.95. The zero-order chi connectivity index (χ0) is 18.8. The average molecular weight is 364 g/mol. The third-order valence-corrected chi connectivity index (χ3v) is 5.42. The number of pyridine rings is 1. The van der Waals surface area contributed by atoms with Crippen LogP contribution < -0.4 is 4.90 Å². The first-order chi connectivity index (χ1) is 13.2. The lowest BCUT2D eigenvalue weighted by Gasteiger charge is -2.22. The molecule has 0 N–H and O–H groups in total. The molecule has 0 bridgehead atoms. The largest absolute Gasteiger partial charge is 0.380 e. The van der Waals surface area contributed by atoms with E-state index in [4.69, 9.17) is 14.7 Å². The lowest BCUT2D eigenvalue weighted by atomic mass is 10.2. The van der Waals surface area contributed by atoms with Crippen LogP contribution in [0.25, 0.3) is 22.4 Å². The Bertz CT molecular complexity index is 916. The van der Waals surface area contributed by atoms with E-state index < -0.39 is 0 Å². The number of ether oxygens (including phenoxy) is 1. The number of anilines is 1. The number of hydrogen-bond acceptors (Lipinski definition) is 4. The van der Waals surface area contributed by atoms with E-state index in [-0.39, 0.29) is 0 Å². The first kappa shape index (κ1) is 18.0. The van der Waals surface area contributed by atoms with Crippen LogP contribution in [0.4, 0.5) is 5.82 Å². The van der Waals surface area contributed by atoms with Crippen molar-refractivity contribution in [3.8, 4) is 11.4 Å². The van der Waals surface area contributed by atoms with Crippen molar-refractivity contribution in [2.24, 2.45) is 0 Å². The summed E-state index contributed by atoms with van der Waals surface area (Å²) in [6.45, 7) is 9.69. The van der Waals surface area contributed by atoms with Crippen molar-refractivity contribution in [3.63, 3.8) is 0 Å². The molecule has 0 radical (unpaired) electrons. The number of hydrogen-bond donors (Lipinski definition) is 0. The van der Waals surface area contributed by atoms with Gasteiger partial charge in [-0.15, -0.1) is 0 Å². The minimum absolute atomic E-state index is 0.571. The molecule has 1 fully saturated rings. The molecule has 1 aromatic carbocycles. The van der Waals surface area contributed by atoms with Crippen molar-refractivity contribution >= 4 is 16.9 Å². The van der Waals surface area contributed by atoms with Crippen molar-refractivity contribution in [3.05, 3.63) is 42.1 Å². The molecule has 0 aliphatic carbocycles. The molecule has 142 valence electrons. The Morgan fingerprint density at radius 3 is 2.81 bits per heavy atom. The van der Waals surface area contributed by atoms with Crippen molar-refractivity contribution in [2.45, 2.75) is 46.2 Å². The summed E-state index contributed by atoms with van der Waals surface area (Å²) < 4.78 is 7.85. The monoisotopic (exact) mass is 364 g/mol. The second-order valence-corrected chi connectivity index (χ2v) is 7.37. The third-order valence-electron chi connectivity index (χ3n) is 5.42. The SMILES string of the molecule is CCOCCn1c(-c2ccc(N3CCCC3C)nc2)nc2cc(C)ccc21. The minimum Gasteiger partial charge on any atom is -0.380 e. The Morgan fingerprint density at radius 1 is 1.22 bits per heavy atom. The predicted octanol–water partition coefficient (Wildman–Crippen LogP) is 4.43. The number of nitrogens with zero attached hydrogens (tertiary/aromatic N) is 4. The molecule has 0 saturated carbocycles. The van der Waals surface area contributed by atoms with Crippen molar-refractivity contribution in [2.75, 3.05) is 24.7 Å². The Morgan fingerprint density at radius 2 is 2.11 bits per heavy atom. The predicted molar refractivity (Wildman–Crippen MR) is 110 cm³/mol. The summed E-state index contributed by atoms with van der Waals surface area (Å²) >= 11 is 0. The van der Waals surface area contributed by atoms with Crippen LogP contribution in [-0.2, 0) is 11.3 Å². The standard InChI is InChI=1S/C22H28N4O/c1-4-27-13-12-26-20-9-7-16(2)14-19(20)24-22(26)18-8-10-21(23-15-18)25-11-5-6-17(25)3/h7-10,14-15,17H,4-6,11-13H2,1-3H3. The van der Waals surface area contributed by atoms with Gasteiger partial charge in [0.25, 0.3) is 0 Å². The maximum Gasteiger partial charge on any atom is 0.142 e. The number of fused-ring (bicyclic) bond motifs is 1. The second-order valence-electron chi connectivity index (χ2n) is 7.37. The molecule has 3 aromatic rings. The van der Waals surface area contributed by atoms with Gasteiger partial charge in [0.15, 0.2) is 0 Å². The molecule has 1 unspecified atom stereocenters. The van der Waals surface area contributed by atoms with Crippen LogP contribution in [0.2, 0.25) is 0 Å². The topological polar surface area (TPSA) is 43.2 Å². The van der Waals surface area contributed by atoms with Gasteiger partial charge in [-0.1, -0.05) is 6.07 Å². The molecular weight excluding hydrogens is 336 g/mol. The van der Waals surface area contributed by atoms with Crippen molar-refractivity contribution in [1.29, 1.82) is 0 Å². The van der Waals surface area contributed by atoms with Crippen LogP contribution in [0.15, 0.2) is 36.5 Å². The van der Waals surface area contributed by atoms with E-state index in [1.54, 1.807) is 0 Å². The summed E-state index contributed by atoms with van der Waals surface area (Å²) in [6, 6.07) is 11.3. The highest BCUT2D eigenvalue weighted by Crippen LogP contribution is 2.28. The van der Waals surface area contributed by atoms with Crippen LogP contribution in [0.3, 0.4) is 0 Å². The summed E-state index contributed by atoms with van der Waals surface area (Å²) in [4.78, 5) is 12.1. The fourth-order valence-electron chi connectivity index (χ4n) is 3.95. The zero-order valence-electron chi connectivity index (χ0n) is 16.5. The van der Waals surface area contributed by atoms with E-state index in [9.17, 15) is 0 Å². The lowest BCUT2D eigenvalue weighted by Crippen LogP contribution is -2.26. The number of benzene rings is 1. The zero-order valence-corrected chi connectivity index (χ0v) is 16.5. The van der Waals surface area contributed by atoms with Gasteiger partial charge in [0.1, 0.15) is 11.6 Å². The second kappa shape index (κ2) is 7.69. The maximum absolute atomic E-state index is 5.60. The highest BCUT2D eigenvalue weighted by atomic mass is 16.5. The molecule has 1 aliphatic rings. The highest BCUT2D eigenvalue weighted by molar-refractivity contribution is 5.81. The molecule has 0 spiro atoms. The summed E-state index contributed by atoms with van der Waals surface area (Å²) in [5.74, 6) is 2.03. The van der Waals surface area contributed by atoms with Crippen LogP contribution >= 0.6 is 0 Å². The van der Waals surface area contributed by atoms with E-state index in [1.807, 2.05) is 13.1 Å². The fraction of sp³-hybridized carbons (Fsp3) is 0.455. The van der Waals surface area contributed by atoms with Crippen LogP contribution in [-0.4, -0.2) is 40.3 Å². The quantitative estimate of drug-likeness (QED) is 0.607. The fourth-order valence-corrected chi connectivity index (χ4v) is 3.95. The third kappa shape index (κ3) is 3.56. The molecule has 1 saturated heterocycles. The van der Waals surface area contributed by atoms with E-state index in [0.29, 0.717) is 12.6 Å². The maximum atomic E-state index is 5.60. The molecular formula is C22H28N4O. The molecule has 5 nitrogen and oxygen atoms in total. The van der Waals surface area contributed by atoms with Gasteiger partial charge in [0.05, 0.1) is 17.6 Å². The number of aryl methyl sites for hydroxylation is 1. The normalized spacial score (nSPS) is 17.1. The van der Waals surface area contributed by atoms with Gasteiger partial charge in [-0.05, 0) is 63.4 Å². The van der Waals surface area contributed by atoms with E-state index in [0.717, 1.165) is 47.9 Å². The van der Waals surface area contributed by atoms with Gasteiger partial charge in [0.2, 0.25) is 0 Å². The van der Waals surface area contributed by atoms with Crippen molar-refractivity contribution < 1.29 is 4.74 Å². The van der Waals surface area contributed by atoms with Crippen LogP contribution in [0.5, 0.6) is 0 Å². The van der Waals surface area contributed by atoms with E-state index in [2.05, 4.69) is 53.6 Å².